The Morgan fingerprint density at radius 1 is 1.41 bits per heavy atom. The summed E-state index contributed by atoms with van der Waals surface area (Å²) in [5.74, 6) is 3.64. The Labute approximate surface area is 104 Å². The van der Waals surface area contributed by atoms with Crippen molar-refractivity contribution >= 4 is 0 Å². The van der Waals surface area contributed by atoms with E-state index in [4.69, 9.17) is 11.2 Å². The molecular weight excluding hydrogens is 210 g/mol. The molecule has 0 aliphatic heterocycles. The Morgan fingerprint density at radius 3 is 2.82 bits per heavy atom. The molecule has 0 saturated carbocycles. The summed E-state index contributed by atoms with van der Waals surface area (Å²) in [6.07, 6.45) is 6.45. The van der Waals surface area contributed by atoms with Gasteiger partial charge in [0.1, 0.15) is 5.75 Å². The maximum absolute atomic E-state index is 5.59. The Kier molecular flexibility index (Phi) is 5.06. The summed E-state index contributed by atoms with van der Waals surface area (Å²) in [5, 5.41) is 3.32. The second kappa shape index (κ2) is 6.32. The van der Waals surface area contributed by atoms with Crippen molar-refractivity contribution < 1.29 is 4.74 Å². The van der Waals surface area contributed by atoms with Crippen molar-refractivity contribution in [1.82, 2.24) is 5.32 Å². The molecule has 0 spiro atoms. The van der Waals surface area contributed by atoms with E-state index >= 15 is 0 Å². The molecule has 1 rings (SSSR count). The van der Waals surface area contributed by atoms with Crippen LogP contribution in [0.3, 0.4) is 0 Å². The zero-order chi connectivity index (χ0) is 12.7. The molecule has 0 bridgehead atoms. The van der Waals surface area contributed by atoms with Gasteiger partial charge in [-0.2, -0.15) is 0 Å². The minimum absolute atomic E-state index is 0.277. The fraction of sp³-hybridized carbons (Fsp3) is 0.467. The summed E-state index contributed by atoms with van der Waals surface area (Å²) in [7, 11) is 0. The normalized spacial score (nSPS) is 10.9. The SMILES string of the molecule is C#CC(C)(C)NCc1cccc(OCCC)c1. The molecule has 0 radical (unpaired) electrons. The topological polar surface area (TPSA) is 21.3 Å². The minimum Gasteiger partial charge on any atom is -0.494 e. The third-order valence-corrected chi connectivity index (χ3v) is 2.47. The molecule has 0 aliphatic rings. The molecule has 0 unspecified atom stereocenters. The molecule has 1 N–H and O–H groups in total. The lowest BCUT2D eigenvalue weighted by Crippen LogP contribution is -2.36. The van der Waals surface area contributed by atoms with Crippen molar-refractivity contribution in [3.05, 3.63) is 29.8 Å². The van der Waals surface area contributed by atoms with Gasteiger partial charge in [-0.25, -0.2) is 0 Å². The molecule has 0 atom stereocenters. The van der Waals surface area contributed by atoms with Gasteiger partial charge >= 0.3 is 0 Å². The van der Waals surface area contributed by atoms with Crippen LogP contribution < -0.4 is 10.1 Å². The van der Waals surface area contributed by atoms with Gasteiger partial charge < -0.3 is 4.74 Å². The molecule has 17 heavy (non-hydrogen) atoms. The predicted octanol–water partition coefficient (Wildman–Crippen LogP) is 2.98. The fourth-order valence-corrected chi connectivity index (χ4v) is 1.34. The lowest BCUT2D eigenvalue weighted by Gasteiger charge is -2.19. The van der Waals surface area contributed by atoms with Crippen LogP contribution in [0.2, 0.25) is 0 Å². The predicted molar refractivity (Wildman–Crippen MR) is 72.0 cm³/mol. The van der Waals surface area contributed by atoms with Crippen molar-refractivity contribution in [2.45, 2.75) is 39.3 Å². The van der Waals surface area contributed by atoms with Gasteiger partial charge in [-0.15, -0.1) is 6.42 Å². The molecule has 2 heteroatoms. The van der Waals surface area contributed by atoms with Crippen molar-refractivity contribution in [1.29, 1.82) is 0 Å². The highest BCUT2D eigenvalue weighted by molar-refractivity contribution is 5.28. The summed E-state index contributed by atoms with van der Waals surface area (Å²) in [5.41, 5.74) is 0.905. The molecule has 0 saturated heterocycles. The van der Waals surface area contributed by atoms with Crippen molar-refractivity contribution in [3.8, 4) is 18.1 Å². The van der Waals surface area contributed by atoms with Crippen molar-refractivity contribution in [2.24, 2.45) is 0 Å². The van der Waals surface area contributed by atoms with Crippen molar-refractivity contribution in [2.75, 3.05) is 6.61 Å². The molecule has 92 valence electrons. The molecule has 1 aromatic rings. The molecule has 0 aliphatic carbocycles. The Bertz CT molecular complexity index is 390. The quantitative estimate of drug-likeness (QED) is 0.760. The van der Waals surface area contributed by atoms with Gasteiger partial charge in [-0.3, -0.25) is 5.32 Å². The second-order valence-corrected chi connectivity index (χ2v) is 4.62. The minimum atomic E-state index is -0.277. The summed E-state index contributed by atoms with van der Waals surface area (Å²) in [6, 6.07) is 8.10. The largest absolute Gasteiger partial charge is 0.494 e. The number of terminal acetylenes is 1. The molecule has 2 nitrogen and oxygen atoms in total. The van der Waals surface area contributed by atoms with Crippen LogP contribution in [0.25, 0.3) is 0 Å². The van der Waals surface area contributed by atoms with E-state index in [0.717, 1.165) is 25.3 Å². The highest BCUT2D eigenvalue weighted by atomic mass is 16.5. The molecule has 0 fully saturated rings. The summed E-state index contributed by atoms with van der Waals surface area (Å²) in [4.78, 5) is 0. The van der Waals surface area contributed by atoms with Gasteiger partial charge in [0.05, 0.1) is 12.1 Å². The third kappa shape index (κ3) is 4.93. The number of ether oxygens (including phenoxy) is 1. The summed E-state index contributed by atoms with van der Waals surface area (Å²) < 4.78 is 5.59. The van der Waals surface area contributed by atoms with Crippen LogP contribution in [0.5, 0.6) is 5.75 Å². The molecule has 1 aromatic carbocycles. The first-order valence-electron chi connectivity index (χ1n) is 6.02. The highest BCUT2D eigenvalue weighted by Crippen LogP contribution is 2.14. The molecule has 0 amide bonds. The summed E-state index contributed by atoms with van der Waals surface area (Å²) in [6.45, 7) is 7.59. The monoisotopic (exact) mass is 231 g/mol. The third-order valence-electron chi connectivity index (χ3n) is 2.47. The Morgan fingerprint density at radius 2 is 2.18 bits per heavy atom. The van der Waals surface area contributed by atoms with E-state index in [1.807, 2.05) is 26.0 Å². The fourth-order valence-electron chi connectivity index (χ4n) is 1.34. The zero-order valence-electron chi connectivity index (χ0n) is 10.9. The van der Waals surface area contributed by atoms with Crippen LogP contribution >= 0.6 is 0 Å². The lowest BCUT2D eigenvalue weighted by atomic mass is 10.1. The lowest BCUT2D eigenvalue weighted by molar-refractivity contribution is 0.317. The first kappa shape index (κ1) is 13.6. The van der Waals surface area contributed by atoms with Gasteiger partial charge in [0.2, 0.25) is 0 Å². The van der Waals surface area contributed by atoms with E-state index in [-0.39, 0.29) is 5.54 Å². The molecule has 0 heterocycles. The number of nitrogens with one attached hydrogen (secondary N) is 1. The number of rotatable bonds is 6. The average Bonchev–Trinajstić information content (AvgIpc) is 2.35. The maximum Gasteiger partial charge on any atom is 0.119 e. The average molecular weight is 231 g/mol. The second-order valence-electron chi connectivity index (χ2n) is 4.62. The van der Waals surface area contributed by atoms with Gasteiger partial charge in [-0.05, 0) is 38.0 Å². The highest BCUT2D eigenvalue weighted by Gasteiger charge is 2.11. The van der Waals surface area contributed by atoms with E-state index in [1.165, 1.54) is 5.56 Å². The van der Waals surface area contributed by atoms with E-state index in [9.17, 15) is 0 Å². The first-order valence-corrected chi connectivity index (χ1v) is 6.02. The number of hydrogen-bond donors (Lipinski definition) is 1. The van der Waals surface area contributed by atoms with E-state index < -0.39 is 0 Å². The molecule has 0 aromatic heterocycles. The Hall–Kier alpha value is -1.46. The maximum atomic E-state index is 5.59. The summed E-state index contributed by atoms with van der Waals surface area (Å²) >= 11 is 0. The van der Waals surface area contributed by atoms with Gasteiger partial charge in [-0.1, -0.05) is 25.0 Å². The van der Waals surface area contributed by atoms with Gasteiger partial charge in [0, 0.05) is 6.54 Å². The number of benzene rings is 1. The van der Waals surface area contributed by atoms with E-state index in [2.05, 4.69) is 30.3 Å². The van der Waals surface area contributed by atoms with Crippen molar-refractivity contribution in [3.63, 3.8) is 0 Å². The van der Waals surface area contributed by atoms with E-state index in [1.54, 1.807) is 0 Å². The van der Waals surface area contributed by atoms with Crippen LogP contribution in [-0.4, -0.2) is 12.1 Å². The van der Waals surface area contributed by atoms with Crippen LogP contribution in [-0.2, 0) is 6.54 Å². The van der Waals surface area contributed by atoms with Crippen LogP contribution in [0.1, 0.15) is 32.8 Å². The first-order chi connectivity index (χ1) is 8.07. The van der Waals surface area contributed by atoms with Crippen LogP contribution in [0, 0.1) is 12.3 Å². The van der Waals surface area contributed by atoms with Crippen LogP contribution in [0.4, 0.5) is 0 Å². The van der Waals surface area contributed by atoms with Gasteiger partial charge in [0.25, 0.3) is 0 Å². The van der Waals surface area contributed by atoms with Crippen LogP contribution in [0.15, 0.2) is 24.3 Å². The van der Waals surface area contributed by atoms with E-state index in [0.29, 0.717) is 0 Å². The number of hydrogen-bond acceptors (Lipinski definition) is 2. The standard InChI is InChI=1S/C15H21NO/c1-5-10-17-14-9-7-8-13(11-14)12-16-15(3,4)6-2/h2,7-9,11,16H,5,10,12H2,1,3-4H3. The zero-order valence-corrected chi connectivity index (χ0v) is 10.9. The Balaban J connectivity index is 2.57. The van der Waals surface area contributed by atoms with Gasteiger partial charge in [0.15, 0.2) is 0 Å². The smallest absolute Gasteiger partial charge is 0.119 e. The molecular formula is C15H21NO.